The largest absolute Gasteiger partial charge is 0.459 e. The Balaban J connectivity index is 4.76. The fraction of sp³-hybridized carbons (Fsp3) is 0.889. The van der Waals surface area contributed by atoms with Gasteiger partial charge in [0.25, 0.3) is 6.02 Å². The summed E-state index contributed by atoms with van der Waals surface area (Å²) in [4.78, 5) is 0. The molecular formula is C9H21N3O2S. The molecule has 2 atom stereocenters. The van der Waals surface area contributed by atoms with Crippen molar-refractivity contribution in [1.82, 2.24) is 0 Å². The lowest BCUT2D eigenvalue weighted by Gasteiger charge is -2.20. The van der Waals surface area contributed by atoms with E-state index < -0.39 is 15.5 Å². The van der Waals surface area contributed by atoms with Gasteiger partial charge in [-0.1, -0.05) is 6.92 Å². The first kappa shape index (κ1) is 14.2. The second-order valence-corrected chi connectivity index (χ2v) is 6.56. The minimum Gasteiger partial charge on any atom is -0.459 e. The highest BCUT2D eigenvalue weighted by Gasteiger charge is 2.17. The molecule has 0 aliphatic rings. The maximum Gasteiger partial charge on any atom is 0.297 e. The Morgan fingerprint density at radius 2 is 2.07 bits per heavy atom. The summed E-state index contributed by atoms with van der Waals surface area (Å²) in [6.45, 7) is 9.00. The van der Waals surface area contributed by atoms with Gasteiger partial charge in [-0.3, -0.25) is 0 Å². The summed E-state index contributed by atoms with van der Waals surface area (Å²) in [6.07, 6.45) is 0.620. The van der Waals surface area contributed by atoms with Crippen molar-refractivity contribution in [2.45, 2.75) is 51.9 Å². The van der Waals surface area contributed by atoms with Crippen molar-refractivity contribution in [2.75, 3.05) is 0 Å². The molecule has 0 amide bonds. The summed E-state index contributed by atoms with van der Waals surface area (Å²) in [6, 6.07) is -0.178. The highest BCUT2D eigenvalue weighted by molar-refractivity contribution is 7.91. The lowest BCUT2D eigenvalue weighted by atomic mass is 10.2. The summed E-state index contributed by atoms with van der Waals surface area (Å²) < 4.78 is 28.1. The van der Waals surface area contributed by atoms with Crippen molar-refractivity contribution in [3.63, 3.8) is 0 Å². The summed E-state index contributed by atoms with van der Waals surface area (Å²) in [7, 11) is -3.04. The third-order valence-corrected chi connectivity index (χ3v) is 3.63. The lowest BCUT2D eigenvalue weighted by molar-refractivity contribution is 0.114. The van der Waals surface area contributed by atoms with E-state index in [1.165, 1.54) is 0 Å². The molecule has 0 radical (unpaired) electrons. The smallest absolute Gasteiger partial charge is 0.297 e. The molecule has 0 aliphatic carbocycles. The predicted molar refractivity (Wildman–Crippen MR) is 63.1 cm³/mol. The van der Waals surface area contributed by atoms with Crippen LogP contribution in [0.25, 0.3) is 0 Å². The van der Waals surface area contributed by atoms with Crippen LogP contribution in [-0.4, -0.2) is 21.1 Å². The fourth-order valence-corrected chi connectivity index (χ4v) is 1.72. The van der Waals surface area contributed by atoms with Crippen LogP contribution < -0.4 is 5.73 Å². The highest BCUT2D eigenvalue weighted by Crippen LogP contribution is 2.11. The lowest BCUT2D eigenvalue weighted by Crippen LogP contribution is -2.30. The van der Waals surface area contributed by atoms with Crippen LogP contribution >= 0.6 is 0 Å². The van der Waals surface area contributed by atoms with Gasteiger partial charge in [0, 0.05) is 0 Å². The average Bonchev–Trinajstić information content (AvgIpc) is 1.97. The zero-order valence-corrected chi connectivity index (χ0v) is 10.9. The Morgan fingerprint density at radius 1 is 1.60 bits per heavy atom. The van der Waals surface area contributed by atoms with Gasteiger partial charge in [-0.15, -0.1) is 4.40 Å². The standard InChI is InChI=1S/C9H21N3O2S/c1-6-7(2)15(11,13)12-8(10)14-9(3,4)5/h7H,6H2,1-5H3,(H3,10,11,12,13). The quantitative estimate of drug-likeness (QED) is 0.578. The van der Waals surface area contributed by atoms with Crippen LogP contribution in [-0.2, 0) is 14.7 Å². The molecule has 0 aromatic carbocycles. The SMILES string of the molecule is CCC(C)S(=N)(=O)N=C(N)OC(C)(C)C. The van der Waals surface area contributed by atoms with E-state index in [1.807, 2.05) is 27.7 Å². The van der Waals surface area contributed by atoms with Crippen LogP contribution in [0, 0.1) is 4.78 Å². The summed E-state index contributed by atoms with van der Waals surface area (Å²) in [5.74, 6) is 0. The van der Waals surface area contributed by atoms with Crippen molar-refractivity contribution in [1.29, 1.82) is 4.78 Å². The molecule has 2 unspecified atom stereocenters. The molecular weight excluding hydrogens is 214 g/mol. The zero-order valence-electron chi connectivity index (χ0n) is 10.0. The van der Waals surface area contributed by atoms with Gasteiger partial charge in [-0.2, -0.15) is 0 Å². The van der Waals surface area contributed by atoms with Crippen molar-refractivity contribution in [3.05, 3.63) is 0 Å². The second kappa shape index (κ2) is 4.83. The van der Waals surface area contributed by atoms with E-state index in [0.717, 1.165) is 0 Å². The molecule has 0 aromatic rings. The van der Waals surface area contributed by atoms with Gasteiger partial charge in [0.15, 0.2) is 9.92 Å². The molecule has 0 bridgehead atoms. The Kier molecular flexibility index (Phi) is 4.58. The van der Waals surface area contributed by atoms with Crippen molar-refractivity contribution in [2.24, 2.45) is 10.1 Å². The van der Waals surface area contributed by atoms with Gasteiger partial charge >= 0.3 is 0 Å². The number of rotatable bonds is 3. The Bertz CT molecular complexity index is 328. The molecule has 90 valence electrons. The van der Waals surface area contributed by atoms with Gasteiger partial charge in [-0.05, 0) is 34.1 Å². The normalized spacial score (nSPS) is 19.4. The van der Waals surface area contributed by atoms with Crippen LogP contribution in [0.4, 0.5) is 0 Å². The van der Waals surface area contributed by atoms with E-state index in [0.29, 0.717) is 6.42 Å². The Labute approximate surface area is 92.2 Å². The van der Waals surface area contributed by atoms with E-state index in [2.05, 4.69) is 4.40 Å². The molecule has 5 nitrogen and oxygen atoms in total. The molecule has 0 spiro atoms. The van der Waals surface area contributed by atoms with Gasteiger partial charge in [0.05, 0.1) is 5.25 Å². The summed E-state index contributed by atoms with van der Waals surface area (Å²) in [5.41, 5.74) is 4.98. The maximum absolute atomic E-state index is 11.7. The molecule has 0 saturated carbocycles. The number of amidine groups is 1. The molecule has 0 heterocycles. The molecule has 15 heavy (non-hydrogen) atoms. The van der Waals surface area contributed by atoms with Crippen molar-refractivity contribution >= 4 is 15.9 Å². The summed E-state index contributed by atoms with van der Waals surface area (Å²) >= 11 is 0. The Hall–Kier alpha value is -0.780. The molecule has 3 N–H and O–H groups in total. The summed E-state index contributed by atoms with van der Waals surface area (Å²) in [5, 5.41) is -0.320. The molecule has 0 aromatic heterocycles. The molecule has 0 aliphatic heterocycles. The fourth-order valence-electron chi connectivity index (χ4n) is 0.782. The first-order valence-electron chi connectivity index (χ1n) is 4.90. The minimum absolute atomic E-state index is 0.178. The van der Waals surface area contributed by atoms with Crippen molar-refractivity contribution in [3.8, 4) is 0 Å². The minimum atomic E-state index is -3.04. The zero-order chi connectivity index (χ0) is 12.3. The highest BCUT2D eigenvalue weighted by atomic mass is 32.2. The molecule has 0 fully saturated rings. The van der Waals surface area contributed by atoms with E-state index >= 15 is 0 Å². The van der Waals surface area contributed by atoms with E-state index in [1.54, 1.807) is 6.92 Å². The van der Waals surface area contributed by atoms with Gasteiger partial charge in [-0.25, -0.2) is 8.99 Å². The Morgan fingerprint density at radius 3 is 2.40 bits per heavy atom. The first-order valence-corrected chi connectivity index (χ1v) is 6.48. The van der Waals surface area contributed by atoms with Crippen LogP contribution in [0.1, 0.15) is 41.0 Å². The second-order valence-electron chi connectivity index (χ2n) is 4.43. The molecule has 0 saturated heterocycles. The van der Waals surface area contributed by atoms with E-state index in [-0.39, 0.29) is 11.3 Å². The third kappa shape index (κ3) is 5.61. The van der Waals surface area contributed by atoms with E-state index in [4.69, 9.17) is 15.3 Å². The van der Waals surface area contributed by atoms with Crippen LogP contribution in [0.2, 0.25) is 0 Å². The van der Waals surface area contributed by atoms with E-state index in [9.17, 15) is 4.21 Å². The number of hydrogen-bond acceptors (Lipinski definition) is 3. The number of hydrogen-bond donors (Lipinski definition) is 2. The first-order chi connectivity index (χ1) is 6.58. The number of nitrogens with one attached hydrogen (secondary N) is 1. The number of nitrogens with two attached hydrogens (primary N) is 1. The molecule has 0 rings (SSSR count). The monoisotopic (exact) mass is 235 g/mol. The van der Waals surface area contributed by atoms with Crippen LogP contribution in [0.5, 0.6) is 0 Å². The van der Waals surface area contributed by atoms with Crippen LogP contribution in [0.15, 0.2) is 4.40 Å². The van der Waals surface area contributed by atoms with Crippen LogP contribution in [0.3, 0.4) is 0 Å². The number of nitrogens with zero attached hydrogens (tertiary/aromatic N) is 1. The predicted octanol–water partition coefficient (Wildman–Crippen LogP) is 1.88. The third-order valence-electron chi connectivity index (χ3n) is 1.76. The van der Waals surface area contributed by atoms with Gasteiger partial charge < -0.3 is 10.5 Å². The average molecular weight is 235 g/mol. The maximum atomic E-state index is 11.7. The topological polar surface area (TPSA) is 88.5 Å². The molecule has 6 heteroatoms. The van der Waals surface area contributed by atoms with Gasteiger partial charge in [0.1, 0.15) is 5.60 Å². The van der Waals surface area contributed by atoms with Gasteiger partial charge in [0.2, 0.25) is 0 Å². The number of ether oxygens (including phenoxy) is 1. The van der Waals surface area contributed by atoms with Crippen molar-refractivity contribution < 1.29 is 8.95 Å².